The van der Waals surface area contributed by atoms with E-state index in [1.807, 2.05) is 0 Å². The fourth-order valence-corrected chi connectivity index (χ4v) is 3.06. The van der Waals surface area contributed by atoms with Crippen molar-refractivity contribution in [2.24, 2.45) is 0 Å². The number of nitro groups is 1. The number of benzene rings is 1. The van der Waals surface area contributed by atoms with Crippen molar-refractivity contribution in [2.75, 3.05) is 6.54 Å². The summed E-state index contributed by atoms with van der Waals surface area (Å²) >= 11 is 0. The van der Waals surface area contributed by atoms with Gasteiger partial charge in [0.25, 0.3) is 5.69 Å². The van der Waals surface area contributed by atoms with Crippen LogP contribution in [0.4, 0.5) is 10.5 Å². The van der Waals surface area contributed by atoms with E-state index in [2.05, 4.69) is 0 Å². The van der Waals surface area contributed by atoms with Gasteiger partial charge in [-0.15, -0.1) is 0 Å². The van der Waals surface area contributed by atoms with Crippen molar-refractivity contribution in [1.29, 1.82) is 0 Å². The number of carboxylic acid groups (broad SMARTS) is 1. The van der Waals surface area contributed by atoms with E-state index in [1.54, 1.807) is 26.8 Å². The number of amides is 1. The number of ether oxygens (including phenoxy) is 1. The first-order chi connectivity index (χ1) is 11.5. The zero-order chi connectivity index (χ0) is 18.8. The van der Waals surface area contributed by atoms with Gasteiger partial charge in [-0.1, -0.05) is 12.1 Å². The monoisotopic (exact) mass is 350 g/mol. The first-order valence-electron chi connectivity index (χ1n) is 8.02. The first-order valence-corrected chi connectivity index (χ1v) is 8.02. The molecule has 1 fully saturated rings. The zero-order valence-corrected chi connectivity index (χ0v) is 14.5. The summed E-state index contributed by atoms with van der Waals surface area (Å²) in [6.45, 7) is 5.41. The Balaban J connectivity index is 2.34. The summed E-state index contributed by atoms with van der Waals surface area (Å²) in [5.41, 5.74) is -1.82. The molecule has 0 bridgehead atoms. The van der Waals surface area contributed by atoms with Gasteiger partial charge < -0.3 is 9.84 Å². The third-order valence-electron chi connectivity index (χ3n) is 4.12. The Morgan fingerprint density at radius 3 is 2.64 bits per heavy atom. The van der Waals surface area contributed by atoms with E-state index in [1.165, 1.54) is 23.1 Å². The summed E-state index contributed by atoms with van der Waals surface area (Å²) in [6.07, 6.45) is 0.103. The summed E-state index contributed by atoms with van der Waals surface area (Å²) in [4.78, 5) is 36.2. The largest absolute Gasteiger partial charge is 0.479 e. The minimum Gasteiger partial charge on any atom is -0.479 e. The average molecular weight is 350 g/mol. The van der Waals surface area contributed by atoms with Gasteiger partial charge in [-0.3, -0.25) is 15.0 Å². The molecule has 1 atom stereocenters. The summed E-state index contributed by atoms with van der Waals surface area (Å²) in [6, 6.07) is 5.83. The first kappa shape index (κ1) is 18.7. The standard InChI is InChI=1S/C17H22N2O6/c1-16(2,3)25-15(22)18-9-5-8-17(18,14(20)21)11-12-6-4-7-13(10-12)19(23)24/h4,6-7,10H,5,8-9,11H2,1-3H3,(H,20,21). The number of hydrogen-bond acceptors (Lipinski definition) is 5. The number of nitrogens with zero attached hydrogens (tertiary/aromatic N) is 2. The van der Waals surface area contributed by atoms with E-state index in [4.69, 9.17) is 4.74 Å². The van der Waals surface area contributed by atoms with E-state index in [9.17, 15) is 24.8 Å². The summed E-state index contributed by atoms with van der Waals surface area (Å²) < 4.78 is 5.34. The van der Waals surface area contributed by atoms with Crippen molar-refractivity contribution < 1.29 is 24.4 Å². The van der Waals surface area contributed by atoms with Gasteiger partial charge >= 0.3 is 12.1 Å². The predicted molar refractivity (Wildman–Crippen MR) is 89.3 cm³/mol. The quantitative estimate of drug-likeness (QED) is 0.660. The van der Waals surface area contributed by atoms with Crippen LogP contribution in [0.1, 0.15) is 39.2 Å². The maximum absolute atomic E-state index is 12.5. The molecule has 136 valence electrons. The maximum atomic E-state index is 12.5. The molecule has 25 heavy (non-hydrogen) atoms. The van der Waals surface area contributed by atoms with Crippen molar-refractivity contribution in [3.05, 3.63) is 39.9 Å². The molecule has 1 amide bonds. The van der Waals surface area contributed by atoms with Crippen molar-refractivity contribution >= 4 is 17.7 Å². The highest BCUT2D eigenvalue weighted by Crippen LogP contribution is 2.35. The Morgan fingerprint density at radius 2 is 2.08 bits per heavy atom. The average Bonchev–Trinajstić information content (AvgIpc) is 2.91. The van der Waals surface area contributed by atoms with Crippen molar-refractivity contribution in [3.63, 3.8) is 0 Å². The Hall–Kier alpha value is -2.64. The number of carboxylic acids is 1. The van der Waals surface area contributed by atoms with Gasteiger partial charge in [-0.2, -0.15) is 0 Å². The zero-order valence-electron chi connectivity index (χ0n) is 14.5. The third kappa shape index (κ3) is 4.07. The Labute approximate surface area is 145 Å². The van der Waals surface area contributed by atoms with Gasteiger partial charge in [-0.25, -0.2) is 9.59 Å². The van der Waals surface area contributed by atoms with E-state index in [0.29, 0.717) is 12.0 Å². The van der Waals surface area contributed by atoms with Crippen LogP contribution < -0.4 is 0 Å². The predicted octanol–water partition coefficient (Wildman–Crippen LogP) is 2.99. The third-order valence-corrected chi connectivity index (χ3v) is 4.12. The van der Waals surface area contributed by atoms with Gasteiger partial charge in [0.15, 0.2) is 0 Å². The topological polar surface area (TPSA) is 110 Å². The number of hydrogen-bond donors (Lipinski definition) is 1. The smallest absolute Gasteiger partial charge is 0.411 e. The molecule has 0 saturated carbocycles. The number of carbonyl (C=O) groups is 2. The van der Waals surface area contributed by atoms with Gasteiger partial charge in [0.05, 0.1) is 4.92 Å². The summed E-state index contributed by atoms with van der Waals surface area (Å²) in [7, 11) is 0. The SMILES string of the molecule is CC(C)(C)OC(=O)N1CCCC1(Cc1cccc([N+](=O)[O-])c1)C(=O)O. The molecular weight excluding hydrogens is 328 g/mol. The van der Waals surface area contributed by atoms with Crippen LogP contribution in [0, 0.1) is 10.1 Å². The molecule has 1 N–H and O–H groups in total. The van der Waals surface area contributed by atoms with Crippen LogP contribution in [0.2, 0.25) is 0 Å². The second-order valence-corrected chi connectivity index (χ2v) is 7.18. The molecule has 1 saturated heterocycles. The van der Waals surface area contributed by atoms with Crippen molar-refractivity contribution in [2.45, 2.75) is 51.2 Å². The van der Waals surface area contributed by atoms with E-state index in [0.717, 1.165) is 0 Å². The fourth-order valence-electron chi connectivity index (χ4n) is 3.06. The Kier molecular flexibility index (Phi) is 5.01. The lowest BCUT2D eigenvalue weighted by atomic mass is 9.88. The Bertz CT molecular complexity index is 697. The molecule has 1 aromatic rings. The molecule has 0 aromatic heterocycles. The molecule has 1 aliphatic rings. The van der Waals surface area contributed by atoms with Gasteiger partial charge in [0.2, 0.25) is 0 Å². The molecule has 0 aliphatic carbocycles. The van der Waals surface area contributed by atoms with Gasteiger partial charge in [0.1, 0.15) is 11.1 Å². The minimum absolute atomic E-state index is 0.0107. The lowest BCUT2D eigenvalue weighted by Crippen LogP contribution is -2.55. The Morgan fingerprint density at radius 1 is 1.40 bits per heavy atom. The van der Waals surface area contributed by atoms with E-state index in [-0.39, 0.29) is 25.1 Å². The number of carbonyl (C=O) groups excluding carboxylic acids is 1. The molecule has 8 heteroatoms. The maximum Gasteiger partial charge on any atom is 0.411 e. The highest BCUT2D eigenvalue weighted by Gasteiger charge is 2.51. The second-order valence-electron chi connectivity index (χ2n) is 7.18. The normalized spacial score (nSPS) is 20.4. The molecule has 2 rings (SSSR count). The van der Waals surface area contributed by atoms with Crippen LogP contribution in [0.25, 0.3) is 0 Å². The summed E-state index contributed by atoms with van der Waals surface area (Å²) in [5, 5.41) is 20.8. The minimum atomic E-state index is -1.46. The molecule has 8 nitrogen and oxygen atoms in total. The molecule has 1 aromatic carbocycles. The lowest BCUT2D eigenvalue weighted by molar-refractivity contribution is -0.384. The number of likely N-dealkylation sites (tertiary alicyclic amines) is 1. The van der Waals surface area contributed by atoms with Crippen LogP contribution in [-0.2, 0) is 16.0 Å². The molecule has 0 spiro atoms. The van der Waals surface area contributed by atoms with E-state index >= 15 is 0 Å². The number of aliphatic carboxylic acids is 1. The van der Waals surface area contributed by atoms with Crippen molar-refractivity contribution in [1.82, 2.24) is 4.90 Å². The molecule has 1 unspecified atom stereocenters. The second kappa shape index (κ2) is 6.70. The van der Waals surface area contributed by atoms with Gasteiger partial charge in [0, 0.05) is 25.1 Å². The molecular formula is C17H22N2O6. The molecule has 0 radical (unpaired) electrons. The lowest BCUT2D eigenvalue weighted by Gasteiger charge is -2.36. The summed E-state index contributed by atoms with van der Waals surface area (Å²) in [5.74, 6) is -1.14. The fraction of sp³-hybridized carbons (Fsp3) is 0.529. The van der Waals surface area contributed by atoms with Crippen LogP contribution in [0.5, 0.6) is 0 Å². The molecule has 1 heterocycles. The highest BCUT2D eigenvalue weighted by molar-refractivity contribution is 5.85. The van der Waals surface area contributed by atoms with Crippen LogP contribution in [0.15, 0.2) is 24.3 Å². The number of nitro benzene ring substituents is 1. The number of rotatable bonds is 4. The number of non-ortho nitro benzene ring substituents is 1. The van der Waals surface area contributed by atoms with E-state index < -0.39 is 28.1 Å². The van der Waals surface area contributed by atoms with Crippen molar-refractivity contribution in [3.8, 4) is 0 Å². The highest BCUT2D eigenvalue weighted by atomic mass is 16.6. The van der Waals surface area contributed by atoms with Crippen LogP contribution in [0.3, 0.4) is 0 Å². The van der Waals surface area contributed by atoms with Crippen LogP contribution in [-0.4, -0.2) is 44.7 Å². The molecule has 1 aliphatic heterocycles. The van der Waals surface area contributed by atoms with Crippen LogP contribution >= 0.6 is 0 Å². The van der Waals surface area contributed by atoms with Gasteiger partial charge in [-0.05, 0) is 39.2 Å².